The van der Waals surface area contributed by atoms with Crippen LogP contribution in [0.15, 0.2) is 35.7 Å². The lowest BCUT2D eigenvalue weighted by molar-refractivity contribution is -0.118. The maximum atomic E-state index is 13.0. The number of benzene rings is 1. The van der Waals surface area contributed by atoms with Crippen molar-refractivity contribution >= 4 is 22.9 Å². The molecule has 4 heteroatoms. The number of piperidine rings is 1. The summed E-state index contributed by atoms with van der Waals surface area (Å²) in [6.07, 6.45) is 1.58. The number of likely N-dealkylation sites (N-methyl/N-ethyl adjacent to an activating group) is 1. The lowest BCUT2D eigenvalue weighted by Crippen LogP contribution is -2.47. The number of likely N-dealkylation sites (tertiary alicyclic amines) is 1. The Kier molecular flexibility index (Phi) is 3.74. The summed E-state index contributed by atoms with van der Waals surface area (Å²) in [5.74, 6) is 0.700. The number of anilines is 1. The Morgan fingerprint density at radius 1 is 1.35 bits per heavy atom. The van der Waals surface area contributed by atoms with Crippen LogP contribution in [0.2, 0.25) is 0 Å². The zero-order valence-corrected chi connectivity index (χ0v) is 14.5. The van der Waals surface area contributed by atoms with Crippen molar-refractivity contribution in [3.63, 3.8) is 0 Å². The standard InChI is InChI=1S/C19H22N2OS/c1-13-5-6-17-15(10-13)16-12-20(2)8-7-18(16)21(17)19(22)11-14-4-3-9-23-14/h3-6,9-10,16,18H,7-8,11-12H2,1-2H3/t16-,18-/m0/s1. The van der Waals surface area contributed by atoms with E-state index in [4.69, 9.17) is 0 Å². The first-order valence-electron chi connectivity index (χ1n) is 8.27. The van der Waals surface area contributed by atoms with Gasteiger partial charge in [-0.05, 0) is 50.0 Å². The zero-order chi connectivity index (χ0) is 16.0. The summed E-state index contributed by atoms with van der Waals surface area (Å²) in [5.41, 5.74) is 3.78. The number of amides is 1. The predicted octanol–water partition coefficient (Wildman–Crippen LogP) is 3.43. The fourth-order valence-corrected chi connectivity index (χ4v) is 4.75. The van der Waals surface area contributed by atoms with Gasteiger partial charge in [-0.3, -0.25) is 4.79 Å². The highest BCUT2D eigenvalue weighted by atomic mass is 32.1. The normalized spacial score (nSPS) is 23.7. The molecule has 1 aromatic carbocycles. The minimum Gasteiger partial charge on any atom is -0.308 e. The van der Waals surface area contributed by atoms with Crippen molar-refractivity contribution < 1.29 is 4.79 Å². The maximum Gasteiger partial charge on any atom is 0.232 e. The van der Waals surface area contributed by atoms with Crippen LogP contribution in [0.4, 0.5) is 5.69 Å². The first-order valence-corrected chi connectivity index (χ1v) is 9.15. The lowest BCUT2D eigenvalue weighted by atomic mass is 9.89. The summed E-state index contributed by atoms with van der Waals surface area (Å²) in [6.45, 7) is 4.25. The van der Waals surface area contributed by atoms with Crippen LogP contribution in [0.3, 0.4) is 0 Å². The van der Waals surface area contributed by atoms with E-state index >= 15 is 0 Å². The third-order valence-corrected chi connectivity index (χ3v) is 6.00. The van der Waals surface area contributed by atoms with Crippen LogP contribution in [0.5, 0.6) is 0 Å². The van der Waals surface area contributed by atoms with E-state index in [-0.39, 0.29) is 5.91 Å². The molecule has 1 saturated heterocycles. The van der Waals surface area contributed by atoms with Crippen LogP contribution in [0.1, 0.15) is 28.3 Å². The highest BCUT2D eigenvalue weighted by Gasteiger charge is 2.43. The lowest BCUT2D eigenvalue weighted by Gasteiger charge is -2.36. The van der Waals surface area contributed by atoms with Gasteiger partial charge in [0, 0.05) is 29.1 Å². The molecule has 1 fully saturated rings. The van der Waals surface area contributed by atoms with Gasteiger partial charge in [-0.2, -0.15) is 0 Å². The molecule has 0 bridgehead atoms. The second-order valence-corrected chi connectivity index (χ2v) is 7.84. The maximum absolute atomic E-state index is 13.0. The largest absolute Gasteiger partial charge is 0.308 e. The molecule has 0 saturated carbocycles. The number of aryl methyl sites for hydroxylation is 1. The second-order valence-electron chi connectivity index (χ2n) is 6.81. The van der Waals surface area contributed by atoms with Crippen molar-refractivity contribution in [1.82, 2.24) is 4.90 Å². The Hall–Kier alpha value is -1.65. The van der Waals surface area contributed by atoms with Gasteiger partial charge in [0.1, 0.15) is 0 Å². The van der Waals surface area contributed by atoms with E-state index in [1.54, 1.807) is 11.3 Å². The molecular weight excluding hydrogens is 304 g/mol. The predicted molar refractivity (Wildman–Crippen MR) is 95.3 cm³/mol. The molecule has 1 amide bonds. The first kappa shape index (κ1) is 14.9. The highest BCUT2D eigenvalue weighted by molar-refractivity contribution is 7.10. The summed E-state index contributed by atoms with van der Waals surface area (Å²) in [7, 11) is 2.18. The first-order chi connectivity index (χ1) is 11.1. The smallest absolute Gasteiger partial charge is 0.232 e. The number of nitrogens with zero attached hydrogens (tertiary/aromatic N) is 2. The number of thiophene rings is 1. The van der Waals surface area contributed by atoms with E-state index in [1.807, 2.05) is 11.4 Å². The van der Waals surface area contributed by atoms with Gasteiger partial charge in [-0.15, -0.1) is 11.3 Å². The molecule has 2 aliphatic heterocycles. The third kappa shape index (κ3) is 2.60. The number of rotatable bonds is 2. The number of carbonyl (C=O) groups excluding carboxylic acids is 1. The summed E-state index contributed by atoms with van der Waals surface area (Å²) in [5, 5.41) is 2.04. The Labute approximate surface area is 141 Å². The molecule has 0 spiro atoms. The van der Waals surface area contributed by atoms with E-state index in [0.29, 0.717) is 18.4 Å². The monoisotopic (exact) mass is 326 g/mol. The summed E-state index contributed by atoms with van der Waals surface area (Å²) < 4.78 is 0. The van der Waals surface area contributed by atoms with Crippen LogP contribution in [-0.4, -0.2) is 37.0 Å². The topological polar surface area (TPSA) is 23.6 Å². The molecule has 4 rings (SSSR count). The molecule has 0 radical (unpaired) electrons. The fraction of sp³-hybridized carbons (Fsp3) is 0.421. The van der Waals surface area contributed by atoms with Crippen molar-refractivity contribution in [2.24, 2.45) is 0 Å². The van der Waals surface area contributed by atoms with Gasteiger partial charge in [0.15, 0.2) is 0 Å². The summed E-state index contributed by atoms with van der Waals surface area (Å²) in [4.78, 5) is 18.7. The van der Waals surface area contributed by atoms with Crippen molar-refractivity contribution in [1.29, 1.82) is 0 Å². The molecule has 2 atom stereocenters. The fourth-order valence-electron chi connectivity index (χ4n) is 4.05. The SMILES string of the molecule is Cc1ccc2c(c1)[C@@H]1CN(C)CC[C@@H]1N2C(=O)Cc1cccs1. The van der Waals surface area contributed by atoms with Gasteiger partial charge >= 0.3 is 0 Å². The van der Waals surface area contributed by atoms with E-state index < -0.39 is 0 Å². The summed E-state index contributed by atoms with van der Waals surface area (Å²) >= 11 is 1.67. The van der Waals surface area contributed by atoms with Crippen molar-refractivity contribution in [2.45, 2.75) is 31.7 Å². The third-order valence-electron chi connectivity index (χ3n) is 5.13. The average Bonchev–Trinajstić information content (AvgIpc) is 3.13. The van der Waals surface area contributed by atoms with Crippen LogP contribution in [0.25, 0.3) is 0 Å². The van der Waals surface area contributed by atoms with Crippen LogP contribution in [-0.2, 0) is 11.2 Å². The van der Waals surface area contributed by atoms with Crippen LogP contribution >= 0.6 is 11.3 Å². The minimum atomic E-state index is 0.245. The van der Waals surface area contributed by atoms with Gasteiger partial charge in [0.05, 0.1) is 6.42 Å². The molecule has 3 heterocycles. The van der Waals surface area contributed by atoms with Crippen molar-refractivity contribution in [2.75, 3.05) is 25.0 Å². The Morgan fingerprint density at radius 3 is 3.00 bits per heavy atom. The molecule has 2 aromatic rings. The molecule has 0 aliphatic carbocycles. The molecule has 0 N–H and O–H groups in total. The summed E-state index contributed by atoms with van der Waals surface area (Å²) in [6, 6.07) is 11.0. The van der Waals surface area contributed by atoms with E-state index in [9.17, 15) is 4.79 Å². The molecule has 3 nitrogen and oxygen atoms in total. The average molecular weight is 326 g/mol. The van der Waals surface area contributed by atoms with Gasteiger partial charge in [0.25, 0.3) is 0 Å². The molecular formula is C19H22N2OS. The Bertz CT molecular complexity index is 725. The highest BCUT2D eigenvalue weighted by Crippen LogP contribution is 2.45. The molecule has 2 aliphatic rings. The van der Waals surface area contributed by atoms with E-state index in [0.717, 1.165) is 30.1 Å². The number of fused-ring (bicyclic) bond motifs is 3. The quantitative estimate of drug-likeness (QED) is 0.844. The molecule has 0 unspecified atom stereocenters. The van der Waals surface area contributed by atoms with Gasteiger partial charge in [-0.25, -0.2) is 0 Å². The molecule has 1 aromatic heterocycles. The Morgan fingerprint density at radius 2 is 2.22 bits per heavy atom. The number of hydrogen-bond acceptors (Lipinski definition) is 3. The zero-order valence-electron chi connectivity index (χ0n) is 13.7. The number of hydrogen-bond donors (Lipinski definition) is 0. The van der Waals surface area contributed by atoms with E-state index in [1.165, 1.54) is 11.1 Å². The second kappa shape index (κ2) is 5.77. The minimum absolute atomic E-state index is 0.245. The molecule has 120 valence electrons. The van der Waals surface area contributed by atoms with Crippen molar-refractivity contribution in [3.8, 4) is 0 Å². The van der Waals surface area contributed by atoms with E-state index in [2.05, 4.69) is 48.0 Å². The van der Waals surface area contributed by atoms with Crippen molar-refractivity contribution in [3.05, 3.63) is 51.7 Å². The van der Waals surface area contributed by atoms with Gasteiger partial charge in [-0.1, -0.05) is 23.8 Å². The van der Waals surface area contributed by atoms with Crippen LogP contribution in [0, 0.1) is 6.92 Å². The van der Waals surface area contributed by atoms with Gasteiger partial charge < -0.3 is 9.80 Å². The Balaban J connectivity index is 1.70. The molecule has 23 heavy (non-hydrogen) atoms. The van der Waals surface area contributed by atoms with Crippen LogP contribution < -0.4 is 4.90 Å². The van der Waals surface area contributed by atoms with Gasteiger partial charge in [0.2, 0.25) is 5.91 Å². The number of carbonyl (C=O) groups is 1.